The lowest BCUT2D eigenvalue weighted by molar-refractivity contribution is 0.0956. The van der Waals surface area contributed by atoms with E-state index in [4.69, 9.17) is 4.74 Å². The molecule has 0 unspecified atom stereocenters. The van der Waals surface area contributed by atoms with Gasteiger partial charge in [0.2, 0.25) is 0 Å². The highest BCUT2D eigenvalue weighted by molar-refractivity contribution is 7.98. The van der Waals surface area contributed by atoms with E-state index in [1.165, 1.54) is 6.07 Å². The summed E-state index contributed by atoms with van der Waals surface area (Å²) in [6.07, 6.45) is 0. The lowest BCUT2D eigenvalue weighted by Crippen LogP contribution is -2.25. The molecule has 0 radical (unpaired) electrons. The van der Waals surface area contributed by atoms with Crippen LogP contribution in [0, 0.1) is 12.7 Å². The molecule has 0 aromatic heterocycles. The predicted octanol–water partition coefficient (Wildman–Crippen LogP) is 3.81. The molecule has 0 saturated heterocycles. The van der Waals surface area contributed by atoms with Crippen molar-refractivity contribution in [3.8, 4) is 5.75 Å². The summed E-state index contributed by atoms with van der Waals surface area (Å²) in [5.41, 5.74) is 2.23. The van der Waals surface area contributed by atoms with Crippen molar-refractivity contribution >= 4 is 17.7 Å². The molecule has 1 N–H and O–H groups in total. The number of hydrogen-bond donors (Lipinski definition) is 1. The van der Waals surface area contributed by atoms with E-state index in [2.05, 4.69) is 5.32 Å². The maximum absolute atomic E-state index is 13.5. The van der Waals surface area contributed by atoms with Gasteiger partial charge in [-0.3, -0.25) is 4.79 Å². The zero-order chi connectivity index (χ0) is 16.7. The number of nitrogens with one attached hydrogen (secondary N) is 1. The van der Waals surface area contributed by atoms with E-state index in [0.29, 0.717) is 23.4 Å². The molecule has 3 nitrogen and oxygen atoms in total. The number of aryl methyl sites for hydroxylation is 1. The minimum Gasteiger partial charge on any atom is -0.496 e. The summed E-state index contributed by atoms with van der Waals surface area (Å²) in [6.45, 7) is 2.45. The van der Waals surface area contributed by atoms with Gasteiger partial charge in [-0.2, -0.15) is 11.8 Å². The van der Waals surface area contributed by atoms with Crippen LogP contribution in [0.5, 0.6) is 5.75 Å². The predicted molar refractivity (Wildman–Crippen MR) is 92.6 cm³/mol. The Kier molecular flexibility index (Phi) is 6.47. The summed E-state index contributed by atoms with van der Waals surface area (Å²) in [4.78, 5) is 12.1. The van der Waals surface area contributed by atoms with Gasteiger partial charge in [-0.05, 0) is 42.3 Å². The number of halogens is 1. The van der Waals surface area contributed by atoms with Gasteiger partial charge in [0, 0.05) is 23.6 Å². The largest absolute Gasteiger partial charge is 0.496 e. The van der Waals surface area contributed by atoms with Gasteiger partial charge in [0.15, 0.2) is 0 Å². The highest BCUT2D eigenvalue weighted by Gasteiger charge is 2.07. The fraction of sp³-hybridized carbons (Fsp3) is 0.278. The molecule has 0 atom stereocenters. The maximum Gasteiger partial charge on any atom is 0.251 e. The highest BCUT2D eigenvalue weighted by Crippen LogP contribution is 2.18. The number of thioether (sulfide) groups is 1. The first kappa shape index (κ1) is 17.3. The lowest BCUT2D eigenvalue weighted by atomic mass is 10.1. The van der Waals surface area contributed by atoms with Crippen molar-refractivity contribution in [2.75, 3.05) is 19.4 Å². The Morgan fingerprint density at radius 2 is 2.04 bits per heavy atom. The van der Waals surface area contributed by atoms with Crippen LogP contribution >= 0.6 is 11.8 Å². The van der Waals surface area contributed by atoms with Gasteiger partial charge in [0.05, 0.1) is 7.11 Å². The van der Waals surface area contributed by atoms with Gasteiger partial charge in [0.25, 0.3) is 5.91 Å². The second-order valence-corrected chi connectivity index (χ2v) is 6.19. The zero-order valence-corrected chi connectivity index (χ0v) is 14.1. The summed E-state index contributed by atoms with van der Waals surface area (Å²) in [7, 11) is 1.61. The van der Waals surface area contributed by atoms with Gasteiger partial charge >= 0.3 is 0 Å². The van der Waals surface area contributed by atoms with Crippen molar-refractivity contribution in [2.45, 2.75) is 12.7 Å². The fourth-order valence-electron chi connectivity index (χ4n) is 2.16. The third-order valence-electron chi connectivity index (χ3n) is 3.40. The zero-order valence-electron chi connectivity index (χ0n) is 13.3. The van der Waals surface area contributed by atoms with Gasteiger partial charge in [-0.25, -0.2) is 4.39 Å². The Labute approximate surface area is 140 Å². The quantitative estimate of drug-likeness (QED) is 0.783. The molecule has 0 fully saturated rings. The number of carbonyl (C=O) groups is 1. The molecule has 5 heteroatoms. The molecule has 2 aromatic rings. The standard InChI is InChI=1S/C18H20FNO2S/c1-13-11-14(7-8-17(13)22-2)18(21)20-9-10-23-12-15-5-3-4-6-16(15)19/h3-8,11H,9-10,12H2,1-2H3,(H,20,21). The average Bonchev–Trinajstić information content (AvgIpc) is 2.56. The second-order valence-electron chi connectivity index (χ2n) is 5.08. The summed E-state index contributed by atoms with van der Waals surface area (Å²) >= 11 is 1.59. The molecule has 0 spiro atoms. The van der Waals surface area contributed by atoms with Crippen molar-refractivity contribution in [1.29, 1.82) is 0 Å². The van der Waals surface area contributed by atoms with E-state index >= 15 is 0 Å². The smallest absolute Gasteiger partial charge is 0.251 e. The maximum atomic E-state index is 13.5. The number of amides is 1. The fourth-order valence-corrected chi connectivity index (χ4v) is 3.00. The topological polar surface area (TPSA) is 38.3 Å². The van der Waals surface area contributed by atoms with Crippen LogP contribution in [-0.2, 0) is 5.75 Å². The molecule has 2 aromatic carbocycles. The van der Waals surface area contributed by atoms with E-state index < -0.39 is 0 Å². The number of carbonyl (C=O) groups excluding carboxylic acids is 1. The molecule has 23 heavy (non-hydrogen) atoms. The normalized spacial score (nSPS) is 10.4. The molecular weight excluding hydrogens is 313 g/mol. The molecule has 0 heterocycles. The van der Waals surface area contributed by atoms with Crippen molar-refractivity contribution in [3.63, 3.8) is 0 Å². The van der Waals surface area contributed by atoms with Gasteiger partial charge in [-0.15, -0.1) is 0 Å². The van der Waals surface area contributed by atoms with E-state index in [1.807, 2.05) is 13.0 Å². The molecule has 0 aliphatic carbocycles. The molecule has 0 bridgehead atoms. The Bertz CT molecular complexity index is 676. The average molecular weight is 333 g/mol. The molecule has 0 aliphatic rings. The molecule has 122 valence electrons. The first-order valence-electron chi connectivity index (χ1n) is 7.36. The van der Waals surface area contributed by atoms with Crippen LogP contribution in [0.4, 0.5) is 4.39 Å². The molecule has 2 rings (SSSR count). The van der Waals surface area contributed by atoms with Crippen LogP contribution in [-0.4, -0.2) is 25.3 Å². The highest BCUT2D eigenvalue weighted by atomic mass is 32.2. The van der Waals surface area contributed by atoms with E-state index in [0.717, 1.165) is 17.1 Å². The van der Waals surface area contributed by atoms with Crippen molar-refractivity contribution in [2.24, 2.45) is 0 Å². The molecular formula is C18H20FNO2S. The Hall–Kier alpha value is -2.01. The number of ether oxygens (including phenoxy) is 1. The van der Waals surface area contributed by atoms with E-state index in [9.17, 15) is 9.18 Å². The summed E-state index contributed by atoms with van der Waals surface area (Å²) in [6, 6.07) is 12.1. The van der Waals surface area contributed by atoms with Crippen LogP contribution in [0.25, 0.3) is 0 Å². The summed E-state index contributed by atoms with van der Waals surface area (Å²) < 4.78 is 18.6. The van der Waals surface area contributed by atoms with Crippen molar-refractivity contribution in [1.82, 2.24) is 5.32 Å². The minimum absolute atomic E-state index is 0.109. The van der Waals surface area contributed by atoms with Gasteiger partial charge in [0.1, 0.15) is 11.6 Å². The third kappa shape index (κ3) is 4.99. The Morgan fingerprint density at radius 3 is 2.74 bits per heavy atom. The SMILES string of the molecule is COc1ccc(C(=O)NCCSCc2ccccc2F)cc1C. The van der Waals surface area contributed by atoms with Crippen LogP contribution in [0.3, 0.4) is 0 Å². The third-order valence-corrected chi connectivity index (χ3v) is 4.41. The van der Waals surface area contributed by atoms with Crippen LogP contribution in [0.15, 0.2) is 42.5 Å². The first-order chi connectivity index (χ1) is 11.1. The minimum atomic E-state index is -0.183. The van der Waals surface area contributed by atoms with Crippen LogP contribution < -0.4 is 10.1 Å². The summed E-state index contributed by atoms with van der Waals surface area (Å²) in [5, 5.41) is 2.87. The van der Waals surface area contributed by atoms with Crippen molar-refractivity contribution in [3.05, 3.63) is 65.0 Å². The molecule has 1 amide bonds. The Morgan fingerprint density at radius 1 is 1.26 bits per heavy atom. The summed E-state index contributed by atoms with van der Waals surface area (Å²) in [5.74, 6) is 1.81. The number of hydrogen-bond acceptors (Lipinski definition) is 3. The van der Waals surface area contributed by atoms with Crippen molar-refractivity contribution < 1.29 is 13.9 Å². The second kappa shape index (κ2) is 8.58. The van der Waals surface area contributed by atoms with Crippen LogP contribution in [0.1, 0.15) is 21.5 Å². The first-order valence-corrected chi connectivity index (χ1v) is 8.51. The van der Waals surface area contributed by atoms with Gasteiger partial charge < -0.3 is 10.1 Å². The lowest BCUT2D eigenvalue weighted by Gasteiger charge is -2.08. The molecule has 0 saturated carbocycles. The van der Waals surface area contributed by atoms with Gasteiger partial charge in [-0.1, -0.05) is 18.2 Å². The monoisotopic (exact) mass is 333 g/mol. The van der Waals surface area contributed by atoms with Crippen LogP contribution in [0.2, 0.25) is 0 Å². The Balaban J connectivity index is 1.75. The van der Waals surface area contributed by atoms with E-state index in [1.54, 1.807) is 49.2 Å². The number of rotatable bonds is 7. The number of methoxy groups -OCH3 is 1. The van der Waals surface area contributed by atoms with E-state index in [-0.39, 0.29) is 11.7 Å². The number of benzene rings is 2. The molecule has 0 aliphatic heterocycles.